The first kappa shape index (κ1) is 29.6. The van der Waals surface area contributed by atoms with Gasteiger partial charge in [-0.15, -0.1) is 0 Å². The van der Waals surface area contributed by atoms with Crippen LogP contribution in [0.4, 0.5) is 24.9 Å². The maximum atomic E-state index is 13.2. The van der Waals surface area contributed by atoms with Crippen LogP contribution in [0.15, 0.2) is 24.3 Å². The molecule has 1 heterocycles. The number of ketones is 1. The summed E-state index contributed by atoms with van der Waals surface area (Å²) in [6.45, 7) is 2.72. The van der Waals surface area contributed by atoms with Gasteiger partial charge in [-0.3, -0.25) is 4.79 Å². The van der Waals surface area contributed by atoms with Gasteiger partial charge in [-0.1, -0.05) is 25.6 Å². The third-order valence-electron chi connectivity index (χ3n) is 4.94. The fraction of sp³-hybridized carbons (Fsp3) is 0.500. The molecule has 0 aliphatic rings. The molecule has 0 aliphatic carbocycles. The summed E-state index contributed by atoms with van der Waals surface area (Å²) in [5, 5.41) is 12.6. The summed E-state index contributed by atoms with van der Waals surface area (Å²) in [6.07, 6.45) is -3.69. The molecular formula is C24H34F3N6O2+. The van der Waals surface area contributed by atoms with Crippen molar-refractivity contribution in [3.8, 4) is 11.9 Å². The van der Waals surface area contributed by atoms with Gasteiger partial charge in [0, 0.05) is 6.42 Å². The Hall–Kier alpha value is -3.39. The molecule has 0 saturated carbocycles. The predicted octanol–water partition coefficient (Wildman–Crippen LogP) is 4.06. The average molecular weight is 496 g/mol. The number of alkyl halides is 3. The summed E-state index contributed by atoms with van der Waals surface area (Å²) in [5.74, 6) is -0.429. The van der Waals surface area contributed by atoms with Crippen LogP contribution in [-0.2, 0) is 17.4 Å². The molecule has 0 bridgehead atoms. The summed E-state index contributed by atoms with van der Waals surface area (Å²) in [5.41, 5.74) is 5.19. The van der Waals surface area contributed by atoms with E-state index < -0.39 is 17.8 Å². The van der Waals surface area contributed by atoms with Gasteiger partial charge in [-0.25, -0.2) is 0 Å². The molecule has 0 spiro atoms. The van der Waals surface area contributed by atoms with Crippen LogP contribution in [-0.4, -0.2) is 60.6 Å². The van der Waals surface area contributed by atoms with Crippen molar-refractivity contribution in [2.45, 2.75) is 45.8 Å². The van der Waals surface area contributed by atoms with Crippen molar-refractivity contribution in [3.63, 3.8) is 0 Å². The minimum absolute atomic E-state index is 0. The van der Waals surface area contributed by atoms with Crippen molar-refractivity contribution in [1.82, 2.24) is 9.97 Å². The third kappa shape index (κ3) is 9.05. The lowest BCUT2D eigenvalue weighted by atomic mass is 9.98. The smallest absolute Gasteiger partial charge is 0.416 e. The molecule has 1 atom stereocenters. The zero-order chi connectivity index (χ0) is 25.5. The fourth-order valence-electron chi connectivity index (χ4n) is 3.33. The number of nitrogens with zero attached hydrogens (tertiary/aromatic N) is 4. The minimum Gasteiger partial charge on any atom is -0.477 e. The lowest BCUT2D eigenvalue weighted by Crippen LogP contribution is -2.37. The van der Waals surface area contributed by atoms with Crippen LogP contribution in [0.3, 0.4) is 0 Å². The predicted molar refractivity (Wildman–Crippen MR) is 129 cm³/mol. The minimum atomic E-state index is -4.50. The van der Waals surface area contributed by atoms with Crippen molar-refractivity contribution >= 4 is 17.5 Å². The number of hydrogen-bond donors (Lipinski definition) is 2. The summed E-state index contributed by atoms with van der Waals surface area (Å²) in [7, 11) is 6.04. The third-order valence-corrected chi connectivity index (χ3v) is 4.94. The Kier molecular flexibility index (Phi) is 10.5. The van der Waals surface area contributed by atoms with Crippen LogP contribution >= 0.6 is 0 Å². The number of ether oxygens (including phenoxy) is 1. The Morgan fingerprint density at radius 1 is 1.29 bits per heavy atom. The molecule has 192 valence electrons. The molecule has 0 unspecified atom stereocenters. The number of hydrogen-bond acceptors (Lipinski definition) is 7. The second-order valence-electron chi connectivity index (χ2n) is 8.85. The van der Waals surface area contributed by atoms with E-state index in [1.807, 2.05) is 27.2 Å². The molecule has 0 aliphatic heterocycles. The number of anilines is 2. The van der Waals surface area contributed by atoms with Crippen molar-refractivity contribution < 1.29 is 27.2 Å². The Labute approximate surface area is 204 Å². The van der Waals surface area contributed by atoms with E-state index in [2.05, 4.69) is 15.3 Å². The van der Waals surface area contributed by atoms with E-state index in [1.165, 1.54) is 12.1 Å². The highest BCUT2D eigenvalue weighted by atomic mass is 19.4. The second-order valence-corrected chi connectivity index (χ2v) is 8.85. The quantitative estimate of drug-likeness (QED) is 0.452. The number of nitrogens with one attached hydrogen (secondary N) is 1. The van der Waals surface area contributed by atoms with Gasteiger partial charge in [-0.05, 0) is 31.4 Å². The summed E-state index contributed by atoms with van der Waals surface area (Å²) in [4.78, 5) is 21.2. The molecule has 11 heteroatoms. The molecule has 35 heavy (non-hydrogen) atoms. The van der Waals surface area contributed by atoms with Crippen molar-refractivity contribution in [2.75, 3.05) is 45.3 Å². The molecule has 2 aromatic rings. The van der Waals surface area contributed by atoms with Crippen LogP contribution < -0.4 is 15.8 Å². The molecule has 0 radical (unpaired) electrons. The molecule has 0 fully saturated rings. The summed E-state index contributed by atoms with van der Waals surface area (Å²) < 4.78 is 45.3. The van der Waals surface area contributed by atoms with Crippen molar-refractivity contribution in [3.05, 3.63) is 41.0 Å². The van der Waals surface area contributed by atoms with Gasteiger partial charge < -0.3 is 20.3 Å². The Bertz CT molecular complexity index is 1050. The molecular weight excluding hydrogens is 461 g/mol. The zero-order valence-electron chi connectivity index (χ0n) is 19.7. The van der Waals surface area contributed by atoms with E-state index in [0.717, 1.165) is 18.7 Å². The van der Waals surface area contributed by atoms with E-state index in [9.17, 15) is 23.2 Å². The lowest BCUT2D eigenvalue weighted by molar-refractivity contribution is -0.870. The van der Waals surface area contributed by atoms with Crippen molar-refractivity contribution in [1.29, 1.82) is 5.26 Å². The first-order valence-electron chi connectivity index (χ1n) is 10.8. The molecule has 0 saturated heterocycles. The number of quaternary nitrogens is 1. The summed E-state index contributed by atoms with van der Waals surface area (Å²) >= 11 is 0. The molecule has 8 nitrogen and oxygen atoms in total. The highest BCUT2D eigenvalue weighted by Crippen LogP contribution is 2.30. The summed E-state index contributed by atoms with van der Waals surface area (Å²) in [6, 6.07) is 5.85. The Morgan fingerprint density at radius 2 is 1.97 bits per heavy atom. The van der Waals surface area contributed by atoms with Gasteiger partial charge in [0.1, 0.15) is 6.07 Å². The largest absolute Gasteiger partial charge is 0.477 e. The van der Waals surface area contributed by atoms with Gasteiger partial charge in [0.2, 0.25) is 11.8 Å². The van der Waals surface area contributed by atoms with E-state index in [0.29, 0.717) is 17.3 Å². The van der Waals surface area contributed by atoms with Gasteiger partial charge in [0.15, 0.2) is 17.2 Å². The van der Waals surface area contributed by atoms with Gasteiger partial charge in [-0.2, -0.15) is 28.4 Å². The van der Waals surface area contributed by atoms with Gasteiger partial charge in [0.25, 0.3) is 0 Å². The normalized spacial score (nSPS) is 12.3. The highest BCUT2D eigenvalue weighted by Gasteiger charge is 2.31. The number of carbonyl (C=O) groups excluding carboxylic acids is 1. The van der Waals surface area contributed by atoms with Crippen LogP contribution in [0.2, 0.25) is 0 Å². The fourth-order valence-corrected chi connectivity index (χ4v) is 3.33. The second kappa shape index (κ2) is 12.4. The molecule has 0 amide bonds. The van der Waals surface area contributed by atoms with E-state index in [4.69, 9.17) is 10.5 Å². The van der Waals surface area contributed by atoms with Crippen LogP contribution in [0.5, 0.6) is 5.88 Å². The topological polar surface area (TPSA) is 114 Å². The number of halogens is 3. The number of rotatable bonds is 11. The number of Topliss-reactive ketones (excluding diaryl/α,β-unsaturated/α-hetero) is 1. The highest BCUT2D eigenvalue weighted by molar-refractivity contribution is 5.88. The number of carbonyl (C=O) groups is 1. The van der Waals surface area contributed by atoms with Gasteiger partial charge >= 0.3 is 6.18 Å². The first-order chi connectivity index (χ1) is 15.8. The SMILES string of the molecule is C.CCOc1nc(N)nc(N[C@@H](CCC[N+](C)(C)C)C(=O)Cc2cccc(C(F)(F)F)c2)c1C#N. The Balaban J connectivity index is 0.00000612. The van der Waals surface area contributed by atoms with Crippen LogP contribution in [0.1, 0.15) is 43.9 Å². The molecule has 1 aromatic heterocycles. The first-order valence-corrected chi connectivity index (χ1v) is 10.8. The monoisotopic (exact) mass is 495 g/mol. The van der Waals surface area contributed by atoms with Gasteiger partial charge in [0.05, 0.1) is 45.9 Å². The Morgan fingerprint density at radius 3 is 2.54 bits per heavy atom. The maximum Gasteiger partial charge on any atom is 0.416 e. The molecule has 1 aromatic carbocycles. The van der Waals surface area contributed by atoms with Crippen molar-refractivity contribution in [2.24, 2.45) is 0 Å². The average Bonchev–Trinajstić information content (AvgIpc) is 2.72. The number of aromatic nitrogens is 2. The maximum absolute atomic E-state index is 13.2. The van der Waals surface area contributed by atoms with E-state index in [1.54, 1.807) is 6.92 Å². The van der Waals surface area contributed by atoms with E-state index in [-0.39, 0.29) is 55.0 Å². The van der Waals surface area contributed by atoms with Crippen LogP contribution in [0.25, 0.3) is 0 Å². The van der Waals surface area contributed by atoms with Crippen LogP contribution in [0, 0.1) is 11.3 Å². The zero-order valence-corrected chi connectivity index (χ0v) is 19.7. The van der Waals surface area contributed by atoms with E-state index >= 15 is 0 Å². The molecule has 2 rings (SSSR count). The lowest BCUT2D eigenvalue weighted by Gasteiger charge is -2.25. The number of benzene rings is 1. The number of nitriles is 1. The molecule has 3 N–H and O–H groups in total. The number of nitrogens with two attached hydrogens (primary N) is 1. The standard InChI is InChI=1S/C23H30F3N6O2.CH4/c1-5-34-21-17(14-27)20(30-22(28)31-21)29-18(10-7-11-32(2,3)4)19(33)13-15-8-6-9-16(12-15)23(24,25)26;/h6,8-9,12,18H,5,7,10-11,13H2,1-4H3,(H3,28,29,30,31);1H4/q+1;/t18-;/m0./s1. The number of nitrogen functional groups attached to an aromatic ring is 1.